The van der Waals surface area contributed by atoms with E-state index in [0.717, 1.165) is 4.90 Å². The maximum absolute atomic E-state index is 12.5. The summed E-state index contributed by atoms with van der Waals surface area (Å²) in [7, 11) is 0. The van der Waals surface area contributed by atoms with Crippen molar-refractivity contribution in [2.24, 2.45) is 0 Å². The number of hydrogen-bond acceptors (Lipinski definition) is 3. The molecule has 8 heteroatoms. The molecule has 1 N–H and O–H groups in total. The van der Waals surface area contributed by atoms with Crippen molar-refractivity contribution in [3.63, 3.8) is 0 Å². The quantitative estimate of drug-likeness (QED) is 0.787. The van der Waals surface area contributed by atoms with Crippen LogP contribution in [0, 0.1) is 0 Å². The lowest BCUT2D eigenvalue weighted by atomic mass is 10.1. The molecule has 0 aromatic heterocycles. The van der Waals surface area contributed by atoms with Crippen molar-refractivity contribution < 1.29 is 14.4 Å². The van der Waals surface area contributed by atoms with Crippen LogP contribution >= 0.6 is 34.8 Å². The van der Waals surface area contributed by atoms with Crippen molar-refractivity contribution in [3.8, 4) is 0 Å². The molecule has 0 aliphatic carbocycles. The number of nitrogens with zero attached hydrogens (tertiary/aromatic N) is 1. The van der Waals surface area contributed by atoms with Crippen LogP contribution in [-0.2, 0) is 4.79 Å². The molecule has 1 aliphatic heterocycles. The van der Waals surface area contributed by atoms with Gasteiger partial charge in [-0.05, 0) is 43.3 Å². The summed E-state index contributed by atoms with van der Waals surface area (Å²) in [5.74, 6) is -1.68. The van der Waals surface area contributed by atoms with E-state index in [9.17, 15) is 14.4 Å². The van der Waals surface area contributed by atoms with Crippen molar-refractivity contribution in [2.75, 3.05) is 5.32 Å². The van der Waals surface area contributed by atoms with Crippen LogP contribution in [-0.4, -0.2) is 28.7 Å². The molecule has 3 amide bonds. The number of rotatable bonds is 3. The van der Waals surface area contributed by atoms with E-state index in [1.165, 1.54) is 19.1 Å². The van der Waals surface area contributed by atoms with Crippen LogP contribution in [0.3, 0.4) is 0 Å². The number of nitrogens with one attached hydrogen (secondary N) is 1. The van der Waals surface area contributed by atoms with Crippen LogP contribution in [0.5, 0.6) is 0 Å². The second kappa shape index (κ2) is 6.67. The van der Waals surface area contributed by atoms with Crippen LogP contribution in [0.2, 0.25) is 15.1 Å². The molecule has 0 saturated heterocycles. The zero-order chi connectivity index (χ0) is 18.3. The van der Waals surface area contributed by atoms with Crippen LogP contribution in [0.4, 0.5) is 5.69 Å². The summed E-state index contributed by atoms with van der Waals surface area (Å²) in [6.07, 6.45) is 0. The summed E-state index contributed by atoms with van der Waals surface area (Å²) in [5.41, 5.74) is 0.764. The lowest BCUT2D eigenvalue weighted by Gasteiger charge is -2.21. The number of anilines is 1. The highest BCUT2D eigenvalue weighted by Gasteiger charge is 2.41. The Kier molecular flexibility index (Phi) is 4.73. The Morgan fingerprint density at radius 2 is 1.44 bits per heavy atom. The molecular weight excluding hydrogens is 387 g/mol. The Balaban J connectivity index is 1.84. The summed E-state index contributed by atoms with van der Waals surface area (Å²) in [5, 5.41) is 3.50. The number of halogens is 3. The van der Waals surface area contributed by atoms with Crippen LogP contribution in [0.25, 0.3) is 0 Å². The number of hydrogen-bond donors (Lipinski definition) is 1. The molecule has 1 atom stereocenters. The van der Waals surface area contributed by atoms with Crippen LogP contribution in [0.15, 0.2) is 36.4 Å². The summed E-state index contributed by atoms with van der Waals surface area (Å²) >= 11 is 17.6. The molecule has 0 radical (unpaired) electrons. The fourth-order valence-corrected chi connectivity index (χ4v) is 2.95. The Morgan fingerprint density at radius 1 is 0.960 bits per heavy atom. The standard InChI is InChI=1S/C17H11Cl3N2O3/c1-8(15(23)21-10-4-2-9(18)3-5-10)22-16(24)11-6-13(19)14(20)7-12(11)17(22)25/h2-8H,1H3,(H,21,23)/t8-/m0/s1. The van der Waals surface area contributed by atoms with Gasteiger partial charge in [0.2, 0.25) is 5.91 Å². The number of carbonyl (C=O) groups is 3. The first-order valence-corrected chi connectivity index (χ1v) is 8.36. The average Bonchev–Trinajstić information content (AvgIpc) is 2.80. The summed E-state index contributed by atoms with van der Waals surface area (Å²) < 4.78 is 0. The smallest absolute Gasteiger partial charge is 0.262 e. The number of benzene rings is 2. The van der Waals surface area contributed by atoms with Gasteiger partial charge >= 0.3 is 0 Å². The molecule has 0 unspecified atom stereocenters. The Labute approximate surface area is 158 Å². The summed E-state index contributed by atoms with van der Waals surface area (Å²) in [6.45, 7) is 1.47. The third kappa shape index (κ3) is 3.23. The maximum Gasteiger partial charge on any atom is 0.262 e. The van der Waals surface area contributed by atoms with E-state index in [2.05, 4.69) is 5.32 Å². The molecule has 5 nitrogen and oxygen atoms in total. The van der Waals surface area contributed by atoms with E-state index in [1.807, 2.05) is 0 Å². The normalized spacial score (nSPS) is 14.5. The first-order chi connectivity index (χ1) is 11.8. The van der Waals surface area contributed by atoms with Gasteiger partial charge in [0.05, 0.1) is 21.2 Å². The monoisotopic (exact) mass is 396 g/mol. The van der Waals surface area contributed by atoms with Gasteiger partial charge in [0.1, 0.15) is 6.04 Å². The van der Waals surface area contributed by atoms with Crippen LogP contribution < -0.4 is 5.32 Å². The van der Waals surface area contributed by atoms with E-state index in [0.29, 0.717) is 10.7 Å². The number of imide groups is 1. The molecule has 0 fully saturated rings. The summed E-state index contributed by atoms with van der Waals surface area (Å²) in [6, 6.07) is 8.14. The van der Waals surface area contributed by atoms with E-state index in [-0.39, 0.29) is 21.2 Å². The lowest BCUT2D eigenvalue weighted by Crippen LogP contribution is -2.45. The van der Waals surface area contributed by atoms with Crippen LogP contribution in [0.1, 0.15) is 27.6 Å². The van der Waals surface area contributed by atoms with Gasteiger partial charge in [0.25, 0.3) is 11.8 Å². The number of amides is 3. The van der Waals surface area contributed by atoms with Crippen molar-refractivity contribution in [2.45, 2.75) is 13.0 Å². The molecule has 25 heavy (non-hydrogen) atoms. The first-order valence-electron chi connectivity index (χ1n) is 7.23. The van der Waals surface area contributed by atoms with E-state index in [1.54, 1.807) is 24.3 Å². The van der Waals surface area contributed by atoms with E-state index < -0.39 is 23.8 Å². The van der Waals surface area contributed by atoms with Gasteiger partial charge in [-0.1, -0.05) is 34.8 Å². The number of carbonyl (C=O) groups excluding carboxylic acids is 3. The van der Waals surface area contributed by atoms with Crippen molar-refractivity contribution >= 4 is 58.2 Å². The van der Waals surface area contributed by atoms with E-state index in [4.69, 9.17) is 34.8 Å². The molecule has 2 aromatic rings. The number of fused-ring (bicyclic) bond motifs is 1. The maximum atomic E-state index is 12.5. The molecular formula is C17H11Cl3N2O3. The largest absolute Gasteiger partial charge is 0.324 e. The zero-order valence-corrected chi connectivity index (χ0v) is 15.1. The van der Waals surface area contributed by atoms with Crippen molar-refractivity contribution in [3.05, 3.63) is 62.6 Å². The van der Waals surface area contributed by atoms with Crippen molar-refractivity contribution in [1.82, 2.24) is 4.90 Å². The zero-order valence-electron chi connectivity index (χ0n) is 12.8. The second-order valence-electron chi connectivity index (χ2n) is 5.46. The fourth-order valence-electron chi connectivity index (χ4n) is 2.50. The van der Waals surface area contributed by atoms with Gasteiger partial charge in [-0.25, -0.2) is 0 Å². The fraction of sp³-hybridized carbons (Fsp3) is 0.118. The predicted octanol–water partition coefficient (Wildman–Crippen LogP) is 4.27. The highest BCUT2D eigenvalue weighted by molar-refractivity contribution is 6.43. The van der Waals surface area contributed by atoms with Crippen molar-refractivity contribution in [1.29, 1.82) is 0 Å². The molecule has 2 aromatic carbocycles. The molecule has 1 aliphatic rings. The minimum absolute atomic E-state index is 0.130. The minimum atomic E-state index is -1.01. The highest BCUT2D eigenvalue weighted by Crippen LogP contribution is 2.32. The van der Waals surface area contributed by atoms with Gasteiger partial charge < -0.3 is 5.32 Å². The molecule has 0 spiro atoms. The third-order valence-electron chi connectivity index (χ3n) is 3.84. The molecule has 3 rings (SSSR count). The van der Waals surface area contributed by atoms with Gasteiger partial charge in [0.15, 0.2) is 0 Å². The lowest BCUT2D eigenvalue weighted by molar-refractivity contribution is -0.119. The predicted molar refractivity (Wildman–Crippen MR) is 96.5 cm³/mol. The van der Waals surface area contributed by atoms with Gasteiger partial charge in [-0.15, -0.1) is 0 Å². The van der Waals surface area contributed by atoms with E-state index >= 15 is 0 Å². The SMILES string of the molecule is C[C@@H](C(=O)Nc1ccc(Cl)cc1)N1C(=O)c2cc(Cl)c(Cl)cc2C1=O. The summed E-state index contributed by atoms with van der Waals surface area (Å²) in [4.78, 5) is 38.3. The Hall–Kier alpha value is -2.08. The van der Waals surface area contributed by atoms with Gasteiger partial charge in [0, 0.05) is 10.7 Å². The van der Waals surface area contributed by atoms with Gasteiger partial charge in [-0.3, -0.25) is 19.3 Å². The topological polar surface area (TPSA) is 66.5 Å². The molecule has 128 valence electrons. The van der Waals surface area contributed by atoms with Gasteiger partial charge in [-0.2, -0.15) is 0 Å². The third-order valence-corrected chi connectivity index (χ3v) is 4.81. The Bertz CT molecular complexity index is 856. The Morgan fingerprint density at radius 3 is 1.92 bits per heavy atom. The molecule has 0 saturated carbocycles. The first kappa shape index (κ1) is 17.7. The minimum Gasteiger partial charge on any atom is -0.324 e. The average molecular weight is 398 g/mol. The molecule has 0 bridgehead atoms. The molecule has 1 heterocycles. The highest BCUT2D eigenvalue weighted by atomic mass is 35.5. The second-order valence-corrected chi connectivity index (χ2v) is 6.72.